The number of rotatable bonds is 4. The quantitative estimate of drug-likeness (QED) is 0.690. The standard InChI is InChI=1S/C12H12F3N5S/c1-3-16-10-19-8(12(13,14)15)6-9(20-10)21-11-17-5-4-7(2)18-11/h4-6H,3H2,1-2H3,(H,16,19,20). The second-order valence-electron chi connectivity index (χ2n) is 4.03. The smallest absolute Gasteiger partial charge is 0.354 e. The Morgan fingerprint density at radius 1 is 1.24 bits per heavy atom. The van der Waals surface area contributed by atoms with Crippen molar-refractivity contribution < 1.29 is 13.2 Å². The van der Waals surface area contributed by atoms with E-state index < -0.39 is 11.9 Å². The molecule has 2 aromatic rings. The zero-order chi connectivity index (χ0) is 15.5. The number of anilines is 1. The van der Waals surface area contributed by atoms with Crippen LogP contribution in [0.1, 0.15) is 18.3 Å². The molecule has 0 aliphatic rings. The Kier molecular flexibility index (Phi) is 4.61. The first-order valence-corrected chi connectivity index (χ1v) is 6.88. The largest absolute Gasteiger partial charge is 0.433 e. The molecule has 0 aromatic carbocycles. The molecule has 9 heteroatoms. The first-order chi connectivity index (χ1) is 9.88. The highest BCUT2D eigenvalue weighted by Crippen LogP contribution is 2.32. The van der Waals surface area contributed by atoms with E-state index in [9.17, 15) is 13.2 Å². The Balaban J connectivity index is 2.35. The third-order valence-corrected chi connectivity index (χ3v) is 3.09. The average molecular weight is 315 g/mol. The fourth-order valence-corrected chi connectivity index (χ4v) is 2.22. The molecule has 112 valence electrons. The van der Waals surface area contributed by atoms with Gasteiger partial charge in [-0.25, -0.2) is 19.9 Å². The molecule has 0 saturated heterocycles. The molecular weight excluding hydrogens is 303 g/mol. The molecule has 2 aromatic heterocycles. The summed E-state index contributed by atoms with van der Waals surface area (Å²) in [4.78, 5) is 15.6. The molecule has 0 saturated carbocycles. The monoisotopic (exact) mass is 315 g/mol. The lowest BCUT2D eigenvalue weighted by atomic mass is 10.4. The van der Waals surface area contributed by atoms with Crippen LogP contribution in [-0.2, 0) is 6.18 Å². The minimum Gasteiger partial charge on any atom is -0.354 e. The molecule has 21 heavy (non-hydrogen) atoms. The molecular formula is C12H12F3N5S. The summed E-state index contributed by atoms with van der Waals surface area (Å²) in [6.45, 7) is 3.95. The predicted molar refractivity (Wildman–Crippen MR) is 72.1 cm³/mol. The molecule has 0 aliphatic heterocycles. The number of alkyl halides is 3. The average Bonchev–Trinajstić information content (AvgIpc) is 2.37. The molecule has 2 rings (SSSR count). The molecule has 0 radical (unpaired) electrons. The summed E-state index contributed by atoms with van der Waals surface area (Å²) in [7, 11) is 0. The molecule has 0 aliphatic carbocycles. The van der Waals surface area contributed by atoms with Gasteiger partial charge in [0.25, 0.3) is 0 Å². The highest BCUT2D eigenvalue weighted by atomic mass is 32.2. The lowest BCUT2D eigenvalue weighted by Gasteiger charge is -2.10. The van der Waals surface area contributed by atoms with E-state index in [0.29, 0.717) is 11.7 Å². The van der Waals surface area contributed by atoms with Gasteiger partial charge in [0.2, 0.25) is 5.95 Å². The van der Waals surface area contributed by atoms with E-state index in [-0.39, 0.29) is 11.0 Å². The summed E-state index contributed by atoms with van der Waals surface area (Å²) in [5, 5.41) is 3.16. The van der Waals surface area contributed by atoms with Crippen molar-refractivity contribution in [2.45, 2.75) is 30.2 Å². The van der Waals surface area contributed by atoms with Crippen molar-refractivity contribution in [1.29, 1.82) is 0 Å². The normalized spacial score (nSPS) is 11.5. The van der Waals surface area contributed by atoms with Crippen LogP contribution >= 0.6 is 11.8 Å². The molecule has 5 nitrogen and oxygen atoms in total. The van der Waals surface area contributed by atoms with E-state index in [1.54, 1.807) is 26.1 Å². The maximum Gasteiger partial charge on any atom is 0.433 e. The number of aryl methyl sites for hydroxylation is 1. The van der Waals surface area contributed by atoms with Crippen molar-refractivity contribution in [1.82, 2.24) is 19.9 Å². The highest BCUT2D eigenvalue weighted by Gasteiger charge is 2.33. The van der Waals surface area contributed by atoms with Gasteiger partial charge < -0.3 is 5.32 Å². The van der Waals surface area contributed by atoms with E-state index in [1.807, 2.05) is 0 Å². The number of aromatic nitrogens is 4. The fraction of sp³-hybridized carbons (Fsp3) is 0.333. The number of halogens is 3. The van der Waals surface area contributed by atoms with Crippen LogP contribution < -0.4 is 5.32 Å². The van der Waals surface area contributed by atoms with E-state index in [0.717, 1.165) is 23.5 Å². The minimum absolute atomic E-state index is 0.0671. The van der Waals surface area contributed by atoms with Crippen LogP contribution in [0.15, 0.2) is 28.5 Å². The van der Waals surface area contributed by atoms with Crippen molar-refractivity contribution in [3.8, 4) is 0 Å². The Labute approximate surface area is 123 Å². The second-order valence-corrected chi connectivity index (χ2v) is 5.01. The van der Waals surface area contributed by atoms with Crippen molar-refractivity contribution in [3.05, 3.63) is 29.7 Å². The van der Waals surface area contributed by atoms with E-state index >= 15 is 0 Å². The van der Waals surface area contributed by atoms with Crippen molar-refractivity contribution in [2.24, 2.45) is 0 Å². The van der Waals surface area contributed by atoms with Crippen LogP contribution in [0.3, 0.4) is 0 Å². The molecule has 0 amide bonds. The van der Waals surface area contributed by atoms with Gasteiger partial charge in [-0.3, -0.25) is 0 Å². The van der Waals surface area contributed by atoms with Crippen LogP contribution in [0.25, 0.3) is 0 Å². The summed E-state index contributed by atoms with van der Waals surface area (Å²) >= 11 is 0.959. The van der Waals surface area contributed by atoms with Crippen molar-refractivity contribution in [2.75, 3.05) is 11.9 Å². The maximum atomic E-state index is 12.8. The third-order valence-electron chi connectivity index (χ3n) is 2.30. The lowest BCUT2D eigenvalue weighted by Crippen LogP contribution is -2.12. The zero-order valence-electron chi connectivity index (χ0n) is 11.3. The fourth-order valence-electron chi connectivity index (χ4n) is 1.43. The van der Waals surface area contributed by atoms with Crippen LogP contribution in [0.2, 0.25) is 0 Å². The van der Waals surface area contributed by atoms with Gasteiger partial charge in [0.1, 0.15) is 5.03 Å². The molecule has 1 N–H and O–H groups in total. The minimum atomic E-state index is -4.53. The van der Waals surface area contributed by atoms with Crippen LogP contribution in [0.4, 0.5) is 19.1 Å². The van der Waals surface area contributed by atoms with Gasteiger partial charge in [-0.15, -0.1) is 0 Å². The Bertz CT molecular complexity index is 633. The van der Waals surface area contributed by atoms with Gasteiger partial charge in [0, 0.05) is 24.5 Å². The molecule has 0 unspecified atom stereocenters. The van der Waals surface area contributed by atoms with Gasteiger partial charge in [-0.2, -0.15) is 13.2 Å². The summed E-state index contributed by atoms with van der Waals surface area (Å²) in [5.74, 6) is -0.0671. The van der Waals surface area contributed by atoms with Crippen LogP contribution in [-0.4, -0.2) is 26.5 Å². The van der Waals surface area contributed by atoms with Crippen molar-refractivity contribution >= 4 is 17.7 Å². The molecule has 0 fully saturated rings. The van der Waals surface area contributed by atoms with Crippen molar-refractivity contribution in [3.63, 3.8) is 0 Å². The molecule has 2 heterocycles. The lowest BCUT2D eigenvalue weighted by molar-refractivity contribution is -0.141. The first-order valence-electron chi connectivity index (χ1n) is 6.06. The Morgan fingerprint density at radius 2 is 2.00 bits per heavy atom. The summed E-state index contributed by atoms with van der Waals surface area (Å²) in [6.07, 6.45) is -2.99. The highest BCUT2D eigenvalue weighted by molar-refractivity contribution is 7.99. The second kappa shape index (κ2) is 6.25. The van der Waals surface area contributed by atoms with Gasteiger partial charge in [0.15, 0.2) is 10.9 Å². The molecule has 0 bridgehead atoms. The van der Waals surface area contributed by atoms with Gasteiger partial charge in [0.05, 0.1) is 0 Å². The third kappa shape index (κ3) is 4.28. The summed E-state index contributed by atoms with van der Waals surface area (Å²) in [5.41, 5.74) is -0.270. The molecule has 0 atom stereocenters. The van der Waals surface area contributed by atoms with Gasteiger partial charge in [-0.05, 0) is 31.7 Å². The van der Waals surface area contributed by atoms with Gasteiger partial charge >= 0.3 is 6.18 Å². The maximum absolute atomic E-state index is 12.8. The summed E-state index contributed by atoms with van der Waals surface area (Å²) in [6, 6.07) is 2.59. The summed E-state index contributed by atoms with van der Waals surface area (Å²) < 4.78 is 38.5. The Hall–Kier alpha value is -1.90. The zero-order valence-corrected chi connectivity index (χ0v) is 12.1. The van der Waals surface area contributed by atoms with Crippen LogP contribution in [0, 0.1) is 6.92 Å². The number of nitrogens with one attached hydrogen (secondary N) is 1. The predicted octanol–water partition coefficient (Wildman–Crippen LogP) is 3.18. The Morgan fingerprint density at radius 3 is 2.62 bits per heavy atom. The molecule has 0 spiro atoms. The number of hydrogen-bond acceptors (Lipinski definition) is 6. The van der Waals surface area contributed by atoms with E-state index in [2.05, 4.69) is 25.3 Å². The number of hydrogen-bond donors (Lipinski definition) is 1. The van der Waals surface area contributed by atoms with Crippen LogP contribution in [0.5, 0.6) is 0 Å². The first kappa shape index (κ1) is 15.5. The topological polar surface area (TPSA) is 63.6 Å². The van der Waals surface area contributed by atoms with Gasteiger partial charge in [-0.1, -0.05) is 0 Å². The van der Waals surface area contributed by atoms with E-state index in [4.69, 9.17) is 0 Å². The van der Waals surface area contributed by atoms with E-state index in [1.165, 1.54) is 0 Å². The number of nitrogens with zero attached hydrogens (tertiary/aromatic N) is 4. The SMILES string of the molecule is CCNc1nc(Sc2nccc(C)n2)cc(C(F)(F)F)n1.